The monoisotopic (exact) mass is 732 g/mol. The first-order valence-corrected chi connectivity index (χ1v) is 18.7. The lowest BCUT2D eigenvalue weighted by molar-refractivity contribution is 0.292. The number of fused-ring (bicyclic) bond motifs is 3. The van der Waals surface area contributed by atoms with Crippen molar-refractivity contribution in [3.63, 3.8) is 0 Å². The normalized spacial score (nSPS) is 11.3. The number of ether oxygens (including phenoxy) is 3. The lowest BCUT2D eigenvalue weighted by Crippen LogP contribution is -2.02. The maximum Gasteiger partial charge on any atom is 0.137 e. The molecular weight excluding hydrogens is 693 g/mol. The molecule has 0 aliphatic rings. The van der Waals surface area contributed by atoms with Crippen LogP contribution in [0.1, 0.15) is 27.8 Å². The van der Waals surface area contributed by atoms with Crippen LogP contribution in [0.2, 0.25) is 0 Å². The van der Waals surface area contributed by atoms with Crippen molar-refractivity contribution in [3.05, 3.63) is 192 Å². The van der Waals surface area contributed by atoms with Crippen LogP contribution in [0, 0.1) is 20.8 Å². The van der Waals surface area contributed by atoms with Crippen LogP contribution in [0.5, 0.6) is 23.0 Å². The first-order chi connectivity index (χ1) is 27.4. The van der Waals surface area contributed by atoms with Crippen molar-refractivity contribution in [1.29, 1.82) is 0 Å². The summed E-state index contributed by atoms with van der Waals surface area (Å²) in [7, 11) is 0. The summed E-state index contributed by atoms with van der Waals surface area (Å²) in [5.74, 6) is 3.78. The van der Waals surface area contributed by atoms with Crippen LogP contribution in [0.4, 0.5) is 0 Å². The molecular formula is C49H40N4O3. The Balaban J connectivity index is 1.06. The minimum atomic E-state index is 0.427. The average molecular weight is 733 g/mol. The fourth-order valence-corrected chi connectivity index (χ4v) is 7.26. The number of hydrogen-bond acceptors (Lipinski definition) is 5. The second-order valence-corrected chi connectivity index (χ2v) is 14.2. The van der Waals surface area contributed by atoms with Gasteiger partial charge in [0.25, 0.3) is 0 Å². The van der Waals surface area contributed by atoms with E-state index in [1.807, 2.05) is 83.9 Å². The van der Waals surface area contributed by atoms with Gasteiger partial charge in [-0.25, -0.2) is 9.67 Å². The van der Waals surface area contributed by atoms with E-state index in [2.05, 4.69) is 110 Å². The first kappa shape index (κ1) is 34.6. The fourth-order valence-electron chi connectivity index (χ4n) is 7.26. The van der Waals surface area contributed by atoms with Crippen molar-refractivity contribution in [3.8, 4) is 45.6 Å². The molecule has 0 aliphatic heterocycles. The number of para-hydroxylation sites is 1. The number of benzene rings is 6. The van der Waals surface area contributed by atoms with Crippen LogP contribution < -0.4 is 14.2 Å². The number of aryl methyl sites for hydroxylation is 3. The van der Waals surface area contributed by atoms with Crippen molar-refractivity contribution < 1.29 is 14.2 Å². The fraction of sp³-hybridized carbons (Fsp3) is 0.102. The Bertz CT molecular complexity index is 2760. The summed E-state index contributed by atoms with van der Waals surface area (Å²) in [5, 5.41) is 7.16. The second kappa shape index (κ2) is 15.0. The van der Waals surface area contributed by atoms with Gasteiger partial charge in [-0.3, -0.25) is 4.57 Å². The number of aromatic nitrogens is 4. The topological polar surface area (TPSA) is 63.3 Å². The SMILES string of the molecule is Cc1cc(Oc2ccc3c4ccccc4n(-c4cc(C)ccn4)c3c2)cc(-n2cc(-c3c(OCc4ccccc4)cc(C)cc3OCc3ccccc3)cn2)c1. The van der Waals surface area contributed by atoms with E-state index in [-0.39, 0.29) is 0 Å². The van der Waals surface area contributed by atoms with E-state index >= 15 is 0 Å². The molecule has 0 bridgehead atoms. The van der Waals surface area contributed by atoms with Crippen LogP contribution in [-0.4, -0.2) is 19.3 Å². The summed E-state index contributed by atoms with van der Waals surface area (Å²) in [4.78, 5) is 4.74. The molecule has 56 heavy (non-hydrogen) atoms. The van der Waals surface area contributed by atoms with Gasteiger partial charge in [-0.2, -0.15) is 5.10 Å². The Morgan fingerprint density at radius 2 is 1.21 bits per heavy atom. The molecule has 3 heterocycles. The van der Waals surface area contributed by atoms with Crippen LogP contribution in [0.25, 0.3) is 44.4 Å². The number of rotatable bonds is 11. The predicted octanol–water partition coefficient (Wildman–Crippen LogP) is 11.9. The van der Waals surface area contributed by atoms with E-state index < -0.39 is 0 Å². The standard InChI is InChI=1S/C49H40N4O3/c1-33-20-21-50-48(26-33)53-44-17-11-10-16-42(44)43-19-18-40(28-45(43)53)56-41-23-34(2)22-39(27-41)52-30-38(29-51-52)49-46(54-31-36-12-6-4-7-13-36)24-35(3)25-47(49)55-32-37-14-8-5-9-15-37/h4-30H,31-32H2,1-3H3. The summed E-state index contributed by atoms with van der Waals surface area (Å²) >= 11 is 0. The Hall–Kier alpha value is -7.12. The highest BCUT2D eigenvalue weighted by atomic mass is 16.5. The summed E-state index contributed by atoms with van der Waals surface area (Å²) < 4.78 is 23.7. The summed E-state index contributed by atoms with van der Waals surface area (Å²) in [6, 6.07) is 49.5. The molecule has 0 N–H and O–H groups in total. The molecule has 0 atom stereocenters. The molecule has 7 nitrogen and oxygen atoms in total. The van der Waals surface area contributed by atoms with E-state index in [0.29, 0.717) is 19.0 Å². The van der Waals surface area contributed by atoms with Gasteiger partial charge in [-0.05, 0) is 103 Å². The third-order valence-electron chi connectivity index (χ3n) is 9.87. The molecule has 0 saturated heterocycles. The Morgan fingerprint density at radius 1 is 0.554 bits per heavy atom. The Morgan fingerprint density at radius 3 is 1.93 bits per heavy atom. The third-order valence-corrected chi connectivity index (χ3v) is 9.87. The lowest BCUT2D eigenvalue weighted by atomic mass is 10.0. The largest absolute Gasteiger partial charge is 0.488 e. The summed E-state index contributed by atoms with van der Waals surface area (Å²) in [6.07, 6.45) is 5.74. The van der Waals surface area contributed by atoms with Gasteiger partial charge >= 0.3 is 0 Å². The molecule has 0 aliphatic carbocycles. The van der Waals surface area contributed by atoms with Gasteiger partial charge in [0.2, 0.25) is 0 Å². The highest BCUT2D eigenvalue weighted by Gasteiger charge is 2.19. The van der Waals surface area contributed by atoms with E-state index in [1.54, 1.807) is 0 Å². The van der Waals surface area contributed by atoms with Gasteiger partial charge in [-0.15, -0.1) is 0 Å². The van der Waals surface area contributed by atoms with Gasteiger partial charge in [0.1, 0.15) is 42.0 Å². The summed E-state index contributed by atoms with van der Waals surface area (Å²) in [5.41, 5.74) is 10.1. The minimum absolute atomic E-state index is 0.427. The minimum Gasteiger partial charge on any atom is -0.488 e. The quantitative estimate of drug-likeness (QED) is 0.132. The van der Waals surface area contributed by atoms with E-state index in [4.69, 9.17) is 24.3 Å². The number of pyridine rings is 1. The zero-order valence-electron chi connectivity index (χ0n) is 31.5. The first-order valence-electron chi connectivity index (χ1n) is 18.7. The van der Waals surface area contributed by atoms with Gasteiger partial charge in [-0.1, -0.05) is 78.9 Å². The molecule has 6 aromatic carbocycles. The predicted molar refractivity (Wildman–Crippen MR) is 223 cm³/mol. The van der Waals surface area contributed by atoms with Crippen molar-refractivity contribution in [1.82, 2.24) is 19.3 Å². The van der Waals surface area contributed by atoms with Gasteiger partial charge < -0.3 is 14.2 Å². The number of nitrogens with zero attached hydrogens (tertiary/aromatic N) is 4. The van der Waals surface area contributed by atoms with E-state index in [9.17, 15) is 0 Å². The molecule has 0 amide bonds. The molecule has 9 rings (SSSR count). The third kappa shape index (κ3) is 7.10. The van der Waals surface area contributed by atoms with Gasteiger partial charge in [0, 0.05) is 40.9 Å². The molecule has 0 radical (unpaired) electrons. The Labute approximate surface area is 326 Å². The van der Waals surface area contributed by atoms with Gasteiger partial charge in [0.05, 0.1) is 28.5 Å². The van der Waals surface area contributed by atoms with Crippen LogP contribution in [0.3, 0.4) is 0 Å². The molecule has 9 aromatic rings. The maximum absolute atomic E-state index is 6.62. The highest BCUT2D eigenvalue weighted by Crippen LogP contribution is 2.41. The zero-order valence-corrected chi connectivity index (χ0v) is 31.5. The Kier molecular flexibility index (Phi) is 9.25. The smallest absolute Gasteiger partial charge is 0.137 e. The van der Waals surface area contributed by atoms with Gasteiger partial charge in [0.15, 0.2) is 0 Å². The molecule has 7 heteroatoms. The second-order valence-electron chi connectivity index (χ2n) is 14.2. The van der Waals surface area contributed by atoms with Crippen molar-refractivity contribution in [2.75, 3.05) is 0 Å². The van der Waals surface area contributed by atoms with Crippen LogP contribution in [0.15, 0.2) is 164 Å². The summed E-state index contributed by atoms with van der Waals surface area (Å²) in [6.45, 7) is 7.06. The molecule has 0 unspecified atom stereocenters. The molecule has 3 aromatic heterocycles. The maximum atomic E-state index is 6.62. The van der Waals surface area contributed by atoms with Crippen molar-refractivity contribution in [2.45, 2.75) is 34.0 Å². The molecule has 0 spiro atoms. The highest BCUT2D eigenvalue weighted by molar-refractivity contribution is 6.09. The van der Waals surface area contributed by atoms with E-state index in [1.165, 1.54) is 5.39 Å². The zero-order chi connectivity index (χ0) is 38.0. The molecule has 0 saturated carbocycles. The van der Waals surface area contributed by atoms with Crippen LogP contribution in [-0.2, 0) is 13.2 Å². The average Bonchev–Trinajstić information content (AvgIpc) is 3.83. The lowest BCUT2D eigenvalue weighted by Gasteiger charge is -2.17. The molecule has 274 valence electrons. The number of hydrogen-bond donors (Lipinski definition) is 0. The molecule has 0 fully saturated rings. The van der Waals surface area contributed by atoms with Crippen molar-refractivity contribution >= 4 is 21.8 Å². The van der Waals surface area contributed by atoms with E-state index in [0.717, 1.165) is 84.1 Å². The van der Waals surface area contributed by atoms with Crippen LogP contribution >= 0.6 is 0 Å². The van der Waals surface area contributed by atoms with Crippen molar-refractivity contribution in [2.24, 2.45) is 0 Å².